The summed E-state index contributed by atoms with van der Waals surface area (Å²) in [7, 11) is 0. The number of rotatable bonds is 6. The molecule has 2 aromatic rings. The molecule has 7 heteroatoms. The summed E-state index contributed by atoms with van der Waals surface area (Å²) in [6.07, 6.45) is 0.0788. The summed E-state index contributed by atoms with van der Waals surface area (Å²) >= 11 is 0. The molecule has 0 unspecified atom stereocenters. The lowest BCUT2D eigenvalue weighted by atomic mass is 9.90. The van der Waals surface area contributed by atoms with Crippen LogP contribution in [0.25, 0.3) is 0 Å². The van der Waals surface area contributed by atoms with Gasteiger partial charge in [0.2, 0.25) is 17.7 Å². The Bertz CT molecular complexity index is 879. The maximum Gasteiger partial charge on any atom is 0.239 e. The lowest BCUT2D eigenvalue weighted by Crippen LogP contribution is -2.58. The van der Waals surface area contributed by atoms with Gasteiger partial charge >= 0.3 is 0 Å². The van der Waals surface area contributed by atoms with Crippen molar-refractivity contribution >= 4 is 17.7 Å². The highest BCUT2D eigenvalue weighted by molar-refractivity contribution is 5.91. The Kier molecular flexibility index (Phi) is 6.62. The van der Waals surface area contributed by atoms with Crippen LogP contribution in [0.2, 0.25) is 0 Å². The second kappa shape index (κ2) is 9.75. The van der Waals surface area contributed by atoms with E-state index < -0.39 is 6.04 Å². The number of hydrogen-bond donors (Lipinski definition) is 2. The minimum atomic E-state index is -0.541. The molecule has 2 fully saturated rings. The molecule has 0 spiro atoms. The van der Waals surface area contributed by atoms with E-state index in [0.717, 1.165) is 0 Å². The highest BCUT2D eigenvalue weighted by Crippen LogP contribution is 2.27. The molecule has 3 amide bonds. The largest absolute Gasteiger partial charge is 0.353 e. The highest BCUT2D eigenvalue weighted by atomic mass is 16.2. The van der Waals surface area contributed by atoms with E-state index in [9.17, 15) is 14.4 Å². The lowest BCUT2D eigenvalue weighted by molar-refractivity contribution is -0.142. The van der Waals surface area contributed by atoms with Gasteiger partial charge in [0.1, 0.15) is 0 Å². The van der Waals surface area contributed by atoms with E-state index >= 15 is 0 Å². The Morgan fingerprint density at radius 3 is 2.13 bits per heavy atom. The lowest BCUT2D eigenvalue weighted by Gasteiger charge is -2.38. The van der Waals surface area contributed by atoms with Crippen molar-refractivity contribution in [1.82, 2.24) is 20.4 Å². The first-order valence-corrected chi connectivity index (χ1v) is 10.8. The number of hydrogen-bond acceptors (Lipinski definition) is 4. The summed E-state index contributed by atoms with van der Waals surface area (Å²) in [5.74, 6) is -0.344. The van der Waals surface area contributed by atoms with E-state index in [1.54, 1.807) is 4.90 Å². The maximum absolute atomic E-state index is 12.9. The Hall–Kier alpha value is -3.19. The number of nitrogens with one attached hydrogen (secondary N) is 2. The van der Waals surface area contributed by atoms with Crippen LogP contribution >= 0.6 is 0 Å². The van der Waals surface area contributed by atoms with Gasteiger partial charge in [-0.1, -0.05) is 60.7 Å². The molecule has 31 heavy (non-hydrogen) atoms. The van der Waals surface area contributed by atoms with Gasteiger partial charge in [0.05, 0.1) is 19.0 Å². The van der Waals surface area contributed by atoms with Crippen molar-refractivity contribution in [1.29, 1.82) is 0 Å². The van der Waals surface area contributed by atoms with E-state index in [1.165, 1.54) is 11.1 Å². The fraction of sp³-hybridized carbons (Fsp3) is 0.375. The number of carbonyl (C=O) groups excluding carboxylic acids is 3. The van der Waals surface area contributed by atoms with Crippen molar-refractivity contribution in [3.05, 3.63) is 71.8 Å². The summed E-state index contributed by atoms with van der Waals surface area (Å²) in [5.41, 5.74) is 2.36. The van der Waals surface area contributed by atoms with Crippen LogP contribution in [0.5, 0.6) is 0 Å². The SMILES string of the molecule is O=C1CN(C(=O)C[C@@H]2C(=O)NCCN2CC(c2ccccc2)c2ccccc2)CCN1. The molecule has 162 valence electrons. The van der Waals surface area contributed by atoms with Gasteiger partial charge < -0.3 is 15.5 Å². The van der Waals surface area contributed by atoms with Crippen LogP contribution in [0, 0.1) is 0 Å². The molecule has 1 atom stereocenters. The van der Waals surface area contributed by atoms with Gasteiger partial charge in [0.25, 0.3) is 0 Å². The van der Waals surface area contributed by atoms with Crippen LogP contribution in [0.1, 0.15) is 23.5 Å². The molecule has 0 aromatic heterocycles. The number of nitrogens with zero attached hydrogens (tertiary/aromatic N) is 2. The van der Waals surface area contributed by atoms with Gasteiger partial charge in [-0.15, -0.1) is 0 Å². The molecule has 2 aromatic carbocycles. The van der Waals surface area contributed by atoms with E-state index in [4.69, 9.17) is 0 Å². The summed E-state index contributed by atoms with van der Waals surface area (Å²) in [5, 5.41) is 5.63. The fourth-order valence-corrected chi connectivity index (χ4v) is 4.36. The summed E-state index contributed by atoms with van der Waals surface area (Å²) in [6.45, 7) is 2.88. The summed E-state index contributed by atoms with van der Waals surface area (Å²) in [4.78, 5) is 40.9. The zero-order chi connectivity index (χ0) is 21.6. The van der Waals surface area contributed by atoms with E-state index in [-0.39, 0.29) is 36.6 Å². The average molecular weight is 421 g/mol. The monoisotopic (exact) mass is 420 g/mol. The van der Waals surface area contributed by atoms with Crippen LogP contribution in [0.4, 0.5) is 0 Å². The predicted octanol–water partition coefficient (Wildman–Crippen LogP) is 0.967. The zero-order valence-electron chi connectivity index (χ0n) is 17.5. The van der Waals surface area contributed by atoms with Crippen LogP contribution in [-0.4, -0.2) is 72.8 Å². The molecule has 7 nitrogen and oxygen atoms in total. The number of amides is 3. The Balaban J connectivity index is 1.54. The Labute approximate surface area is 182 Å². The van der Waals surface area contributed by atoms with Crippen molar-refractivity contribution in [2.45, 2.75) is 18.4 Å². The van der Waals surface area contributed by atoms with Crippen molar-refractivity contribution in [3.63, 3.8) is 0 Å². The van der Waals surface area contributed by atoms with Gasteiger partial charge in [-0.3, -0.25) is 19.3 Å². The van der Waals surface area contributed by atoms with Gasteiger partial charge in [-0.2, -0.15) is 0 Å². The predicted molar refractivity (Wildman–Crippen MR) is 117 cm³/mol. The topological polar surface area (TPSA) is 81.8 Å². The van der Waals surface area contributed by atoms with Crippen LogP contribution in [-0.2, 0) is 14.4 Å². The van der Waals surface area contributed by atoms with Gasteiger partial charge in [-0.25, -0.2) is 0 Å². The van der Waals surface area contributed by atoms with E-state index in [0.29, 0.717) is 32.7 Å². The van der Waals surface area contributed by atoms with Crippen molar-refractivity contribution in [2.24, 2.45) is 0 Å². The Morgan fingerprint density at radius 2 is 1.52 bits per heavy atom. The first-order chi connectivity index (χ1) is 15.1. The molecule has 2 aliphatic rings. The van der Waals surface area contributed by atoms with E-state index in [1.807, 2.05) is 36.4 Å². The third-order valence-electron chi connectivity index (χ3n) is 6.02. The maximum atomic E-state index is 12.9. The van der Waals surface area contributed by atoms with Crippen molar-refractivity contribution < 1.29 is 14.4 Å². The molecular formula is C24H28N4O3. The molecule has 2 saturated heterocycles. The van der Waals surface area contributed by atoms with Crippen LogP contribution in [0.15, 0.2) is 60.7 Å². The normalized spacial score (nSPS) is 19.8. The van der Waals surface area contributed by atoms with Gasteiger partial charge in [-0.05, 0) is 11.1 Å². The average Bonchev–Trinajstić information content (AvgIpc) is 2.80. The third kappa shape index (κ3) is 5.11. The second-order valence-electron chi connectivity index (χ2n) is 8.05. The molecule has 0 bridgehead atoms. The first kappa shape index (κ1) is 21.1. The number of piperazine rings is 2. The first-order valence-electron chi connectivity index (χ1n) is 10.8. The standard InChI is InChI=1S/C24H28N4O3/c29-22-17-28(14-11-25-22)23(30)15-21-24(31)26-12-13-27(21)16-20(18-7-3-1-4-8-18)19-9-5-2-6-10-19/h1-10,20-21H,11-17H2,(H,25,29)(H,26,31)/t21-/m1/s1. The third-order valence-corrected chi connectivity index (χ3v) is 6.02. The molecule has 0 aliphatic carbocycles. The van der Waals surface area contributed by atoms with Gasteiger partial charge in [0, 0.05) is 38.6 Å². The van der Waals surface area contributed by atoms with E-state index in [2.05, 4.69) is 39.8 Å². The molecule has 0 radical (unpaired) electrons. The van der Waals surface area contributed by atoms with Gasteiger partial charge in [0.15, 0.2) is 0 Å². The Morgan fingerprint density at radius 1 is 0.903 bits per heavy atom. The molecule has 2 N–H and O–H groups in total. The molecule has 2 heterocycles. The summed E-state index contributed by atoms with van der Waals surface area (Å²) in [6, 6.07) is 20.0. The second-order valence-corrected chi connectivity index (χ2v) is 8.05. The molecule has 0 saturated carbocycles. The summed E-state index contributed by atoms with van der Waals surface area (Å²) < 4.78 is 0. The minimum absolute atomic E-state index is 0.0594. The van der Waals surface area contributed by atoms with Crippen LogP contribution in [0.3, 0.4) is 0 Å². The number of benzene rings is 2. The highest BCUT2D eigenvalue weighted by Gasteiger charge is 2.35. The quantitative estimate of drug-likeness (QED) is 0.730. The van der Waals surface area contributed by atoms with Crippen molar-refractivity contribution in [3.8, 4) is 0 Å². The molecule has 2 aliphatic heterocycles. The number of carbonyl (C=O) groups is 3. The molecule has 4 rings (SSSR count). The zero-order valence-corrected chi connectivity index (χ0v) is 17.5. The molecular weight excluding hydrogens is 392 g/mol. The van der Waals surface area contributed by atoms with Crippen molar-refractivity contribution in [2.75, 3.05) is 39.3 Å². The smallest absolute Gasteiger partial charge is 0.239 e. The fourth-order valence-electron chi connectivity index (χ4n) is 4.36. The van der Waals surface area contributed by atoms with Crippen LogP contribution < -0.4 is 10.6 Å². The minimum Gasteiger partial charge on any atom is -0.353 e.